The van der Waals surface area contributed by atoms with Crippen LogP contribution in [0.2, 0.25) is 0 Å². The van der Waals surface area contributed by atoms with Gasteiger partial charge in [-0.05, 0) is 32.0 Å². The summed E-state index contributed by atoms with van der Waals surface area (Å²) >= 11 is 0. The van der Waals surface area contributed by atoms with E-state index < -0.39 is 17.3 Å². The normalized spacial score (nSPS) is 12.1. The molecule has 19 heavy (non-hydrogen) atoms. The minimum atomic E-state index is -4.45. The van der Waals surface area contributed by atoms with Crippen molar-refractivity contribution in [3.8, 4) is 6.07 Å². The van der Waals surface area contributed by atoms with E-state index in [4.69, 9.17) is 10.00 Å². The SMILES string of the molecule is COC(C)(C)CNc1ccc(C(F)(F)F)cc1C#N. The van der Waals surface area contributed by atoms with Crippen molar-refractivity contribution in [1.29, 1.82) is 5.26 Å². The molecule has 104 valence electrons. The number of methoxy groups -OCH3 is 1. The zero-order valence-electron chi connectivity index (χ0n) is 10.9. The van der Waals surface area contributed by atoms with Crippen LogP contribution in [0.1, 0.15) is 25.0 Å². The molecule has 0 saturated heterocycles. The van der Waals surface area contributed by atoms with Crippen LogP contribution >= 0.6 is 0 Å². The maximum atomic E-state index is 12.5. The summed E-state index contributed by atoms with van der Waals surface area (Å²) in [5.74, 6) is 0. The van der Waals surface area contributed by atoms with Gasteiger partial charge in [-0.15, -0.1) is 0 Å². The number of halogens is 3. The maximum absolute atomic E-state index is 12.5. The topological polar surface area (TPSA) is 45.0 Å². The van der Waals surface area contributed by atoms with E-state index in [1.165, 1.54) is 6.07 Å². The number of alkyl halides is 3. The Morgan fingerprint density at radius 3 is 2.42 bits per heavy atom. The molecule has 0 spiro atoms. The number of rotatable bonds is 4. The van der Waals surface area contributed by atoms with Crippen molar-refractivity contribution < 1.29 is 17.9 Å². The standard InChI is InChI=1S/C13H15F3N2O/c1-12(2,19-3)8-18-11-5-4-10(13(14,15)16)6-9(11)7-17/h4-6,18H,8H2,1-3H3. The quantitative estimate of drug-likeness (QED) is 0.913. The van der Waals surface area contributed by atoms with Crippen molar-refractivity contribution in [2.75, 3.05) is 19.0 Å². The van der Waals surface area contributed by atoms with Gasteiger partial charge in [0, 0.05) is 13.7 Å². The number of nitriles is 1. The fourth-order valence-corrected chi connectivity index (χ4v) is 1.35. The fourth-order valence-electron chi connectivity index (χ4n) is 1.35. The van der Waals surface area contributed by atoms with Crippen LogP contribution in [-0.4, -0.2) is 19.3 Å². The first-order chi connectivity index (χ1) is 8.69. The zero-order valence-corrected chi connectivity index (χ0v) is 10.9. The molecule has 3 nitrogen and oxygen atoms in total. The van der Waals surface area contributed by atoms with Gasteiger partial charge < -0.3 is 10.1 Å². The molecule has 1 rings (SSSR count). The smallest absolute Gasteiger partial charge is 0.381 e. The van der Waals surface area contributed by atoms with Crippen LogP contribution < -0.4 is 5.32 Å². The van der Waals surface area contributed by atoms with Crippen molar-refractivity contribution in [1.82, 2.24) is 0 Å². The molecule has 0 saturated carbocycles. The van der Waals surface area contributed by atoms with Gasteiger partial charge in [-0.25, -0.2) is 0 Å². The summed E-state index contributed by atoms with van der Waals surface area (Å²) < 4.78 is 42.7. The van der Waals surface area contributed by atoms with Crippen LogP contribution in [0.15, 0.2) is 18.2 Å². The van der Waals surface area contributed by atoms with Crippen LogP contribution in [0.4, 0.5) is 18.9 Å². The second-order valence-electron chi connectivity index (χ2n) is 4.69. The summed E-state index contributed by atoms with van der Waals surface area (Å²) in [4.78, 5) is 0. The van der Waals surface area contributed by atoms with Gasteiger partial charge in [-0.3, -0.25) is 0 Å². The Labute approximate surface area is 110 Å². The lowest BCUT2D eigenvalue weighted by molar-refractivity contribution is -0.137. The first kappa shape index (κ1) is 15.3. The molecule has 0 amide bonds. The number of benzene rings is 1. The number of ether oxygens (including phenoxy) is 1. The average molecular weight is 272 g/mol. The van der Waals surface area contributed by atoms with Crippen molar-refractivity contribution in [2.24, 2.45) is 0 Å². The Hall–Kier alpha value is -1.74. The van der Waals surface area contributed by atoms with Crippen LogP contribution in [0.25, 0.3) is 0 Å². The molecule has 0 bridgehead atoms. The van der Waals surface area contributed by atoms with E-state index in [1.54, 1.807) is 13.2 Å². The highest BCUT2D eigenvalue weighted by molar-refractivity contribution is 5.59. The molecule has 1 N–H and O–H groups in total. The van der Waals surface area contributed by atoms with E-state index in [0.717, 1.165) is 12.1 Å². The Bertz CT molecular complexity index is 490. The van der Waals surface area contributed by atoms with E-state index in [-0.39, 0.29) is 5.56 Å². The molecule has 0 aromatic heterocycles. The first-order valence-corrected chi connectivity index (χ1v) is 5.60. The van der Waals surface area contributed by atoms with Crippen LogP contribution in [0.3, 0.4) is 0 Å². The second-order valence-corrected chi connectivity index (χ2v) is 4.69. The monoisotopic (exact) mass is 272 g/mol. The molecule has 0 aliphatic carbocycles. The number of nitrogens with zero attached hydrogens (tertiary/aromatic N) is 1. The molecule has 0 aliphatic rings. The lowest BCUT2D eigenvalue weighted by Crippen LogP contribution is -2.32. The minimum absolute atomic E-state index is 0.0401. The summed E-state index contributed by atoms with van der Waals surface area (Å²) in [6.07, 6.45) is -4.45. The number of nitrogens with one attached hydrogen (secondary N) is 1. The van der Waals surface area contributed by atoms with Gasteiger partial charge in [0.25, 0.3) is 0 Å². The molecule has 0 radical (unpaired) electrons. The lowest BCUT2D eigenvalue weighted by Gasteiger charge is -2.24. The van der Waals surface area contributed by atoms with E-state index >= 15 is 0 Å². The molecular formula is C13H15F3N2O. The Morgan fingerprint density at radius 1 is 1.32 bits per heavy atom. The summed E-state index contributed by atoms with van der Waals surface area (Å²) in [6.45, 7) is 4.04. The predicted molar refractivity (Wildman–Crippen MR) is 65.7 cm³/mol. The third-order valence-corrected chi connectivity index (χ3v) is 2.72. The summed E-state index contributed by atoms with van der Waals surface area (Å²) in [7, 11) is 1.54. The summed E-state index contributed by atoms with van der Waals surface area (Å²) in [6, 6.07) is 4.80. The highest BCUT2D eigenvalue weighted by atomic mass is 19.4. The molecular weight excluding hydrogens is 257 g/mol. The third kappa shape index (κ3) is 4.14. The lowest BCUT2D eigenvalue weighted by atomic mass is 10.1. The van der Waals surface area contributed by atoms with Crippen molar-refractivity contribution in [2.45, 2.75) is 25.6 Å². The zero-order chi connectivity index (χ0) is 14.7. The van der Waals surface area contributed by atoms with Gasteiger partial charge in [0.05, 0.1) is 22.4 Å². The highest BCUT2D eigenvalue weighted by Crippen LogP contribution is 2.31. The maximum Gasteiger partial charge on any atom is 0.416 e. The van der Waals surface area contributed by atoms with Gasteiger partial charge in [0.2, 0.25) is 0 Å². The molecule has 1 aromatic carbocycles. The van der Waals surface area contributed by atoms with Crippen LogP contribution in [0.5, 0.6) is 0 Å². The molecule has 0 aliphatic heterocycles. The molecule has 6 heteroatoms. The van der Waals surface area contributed by atoms with Gasteiger partial charge in [-0.1, -0.05) is 0 Å². The number of hydrogen-bond acceptors (Lipinski definition) is 3. The molecule has 1 aromatic rings. The number of anilines is 1. The van der Waals surface area contributed by atoms with E-state index in [9.17, 15) is 13.2 Å². The van der Waals surface area contributed by atoms with Gasteiger partial charge in [-0.2, -0.15) is 18.4 Å². The Balaban J connectivity index is 2.96. The molecule has 0 fully saturated rings. The number of hydrogen-bond donors (Lipinski definition) is 1. The van der Waals surface area contributed by atoms with E-state index in [2.05, 4.69) is 5.32 Å². The third-order valence-electron chi connectivity index (χ3n) is 2.72. The Morgan fingerprint density at radius 2 is 1.95 bits per heavy atom. The molecule has 0 unspecified atom stereocenters. The fraction of sp³-hybridized carbons (Fsp3) is 0.462. The van der Waals surface area contributed by atoms with Crippen molar-refractivity contribution in [3.63, 3.8) is 0 Å². The second kappa shape index (κ2) is 5.49. The van der Waals surface area contributed by atoms with Crippen LogP contribution in [0, 0.1) is 11.3 Å². The van der Waals surface area contributed by atoms with Crippen molar-refractivity contribution >= 4 is 5.69 Å². The van der Waals surface area contributed by atoms with Gasteiger partial charge in [0.15, 0.2) is 0 Å². The highest BCUT2D eigenvalue weighted by Gasteiger charge is 2.31. The molecule has 0 atom stereocenters. The largest absolute Gasteiger partial charge is 0.416 e. The minimum Gasteiger partial charge on any atom is -0.381 e. The van der Waals surface area contributed by atoms with E-state index in [1.807, 2.05) is 13.8 Å². The van der Waals surface area contributed by atoms with Crippen molar-refractivity contribution in [3.05, 3.63) is 29.3 Å². The average Bonchev–Trinajstić information content (AvgIpc) is 2.35. The van der Waals surface area contributed by atoms with Gasteiger partial charge in [0.1, 0.15) is 6.07 Å². The summed E-state index contributed by atoms with van der Waals surface area (Å²) in [5.41, 5.74) is -0.988. The van der Waals surface area contributed by atoms with E-state index in [0.29, 0.717) is 12.2 Å². The Kier molecular flexibility index (Phi) is 4.43. The van der Waals surface area contributed by atoms with Crippen LogP contribution in [-0.2, 0) is 10.9 Å². The van der Waals surface area contributed by atoms with Gasteiger partial charge >= 0.3 is 6.18 Å². The first-order valence-electron chi connectivity index (χ1n) is 5.60. The predicted octanol–water partition coefficient (Wildman–Crippen LogP) is 3.41. The molecule has 0 heterocycles. The summed E-state index contributed by atoms with van der Waals surface area (Å²) in [5, 5.41) is 11.8.